The highest BCUT2D eigenvalue weighted by molar-refractivity contribution is 7.10. The molecule has 1 aromatic rings. The van der Waals surface area contributed by atoms with E-state index in [2.05, 4.69) is 54.2 Å². The van der Waals surface area contributed by atoms with Gasteiger partial charge in [-0.25, -0.2) is 0 Å². The zero-order valence-corrected chi connectivity index (χ0v) is 13.6. The van der Waals surface area contributed by atoms with E-state index in [1.165, 1.54) is 24.1 Å². The highest BCUT2D eigenvalue weighted by Crippen LogP contribution is 2.37. The van der Waals surface area contributed by atoms with Crippen LogP contribution in [0, 0.1) is 11.8 Å². The van der Waals surface area contributed by atoms with Gasteiger partial charge in [0.1, 0.15) is 0 Å². The SMILES string of the molecule is CN(Cc1sccc1C#CCN)CC1(N(C)C)CCC1. The molecule has 2 N–H and O–H groups in total. The summed E-state index contributed by atoms with van der Waals surface area (Å²) >= 11 is 1.79. The molecule has 110 valence electrons. The molecule has 1 saturated carbocycles. The maximum Gasteiger partial charge on any atom is 0.0555 e. The van der Waals surface area contributed by atoms with Crippen LogP contribution in [0.3, 0.4) is 0 Å². The summed E-state index contributed by atoms with van der Waals surface area (Å²) in [7, 11) is 6.62. The Hall–Kier alpha value is -0.860. The fourth-order valence-electron chi connectivity index (χ4n) is 2.86. The summed E-state index contributed by atoms with van der Waals surface area (Å²) < 4.78 is 0. The van der Waals surface area contributed by atoms with Gasteiger partial charge in [-0.1, -0.05) is 11.8 Å². The minimum absolute atomic E-state index is 0.384. The Morgan fingerprint density at radius 2 is 2.10 bits per heavy atom. The van der Waals surface area contributed by atoms with E-state index in [0.29, 0.717) is 12.1 Å². The monoisotopic (exact) mass is 291 g/mol. The fourth-order valence-corrected chi connectivity index (χ4v) is 3.77. The number of likely N-dealkylation sites (N-methyl/N-ethyl adjacent to an activating group) is 2. The lowest BCUT2D eigenvalue weighted by molar-refractivity contribution is 0.0261. The Kier molecular flexibility index (Phi) is 5.22. The van der Waals surface area contributed by atoms with E-state index in [-0.39, 0.29) is 0 Å². The van der Waals surface area contributed by atoms with Gasteiger partial charge in [0.2, 0.25) is 0 Å². The molecule has 1 heterocycles. The predicted molar refractivity (Wildman–Crippen MR) is 86.9 cm³/mol. The molecule has 0 atom stereocenters. The molecule has 1 aliphatic carbocycles. The summed E-state index contributed by atoms with van der Waals surface area (Å²) in [5.41, 5.74) is 6.98. The molecule has 1 aromatic heterocycles. The van der Waals surface area contributed by atoms with Gasteiger partial charge in [-0.05, 0) is 51.9 Å². The van der Waals surface area contributed by atoms with Crippen molar-refractivity contribution in [2.45, 2.75) is 31.3 Å². The Morgan fingerprint density at radius 1 is 1.35 bits per heavy atom. The number of rotatable bonds is 5. The highest BCUT2D eigenvalue weighted by atomic mass is 32.1. The predicted octanol–water partition coefficient (Wildman–Crippen LogP) is 1.97. The molecule has 0 radical (unpaired) electrons. The van der Waals surface area contributed by atoms with E-state index in [1.54, 1.807) is 11.3 Å². The molecule has 0 spiro atoms. The molecule has 0 aliphatic heterocycles. The molecule has 4 heteroatoms. The van der Waals surface area contributed by atoms with Crippen LogP contribution in [0.1, 0.15) is 29.7 Å². The molecule has 0 unspecified atom stereocenters. The van der Waals surface area contributed by atoms with Crippen molar-refractivity contribution in [3.05, 3.63) is 21.9 Å². The average molecular weight is 291 g/mol. The van der Waals surface area contributed by atoms with Gasteiger partial charge in [0, 0.05) is 29.1 Å². The first kappa shape index (κ1) is 15.5. The third kappa shape index (κ3) is 3.42. The molecule has 0 amide bonds. The maximum absolute atomic E-state index is 5.45. The number of hydrogen-bond acceptors (Lipinski definition) is 4. The Balaban J connectivity index is 1.98. The van der Waals surface area contributed by atoms with Crippen LogP contribution < -0.4 is 5.73 Å². The smallest absolute Gasteiger partial charge is 0.0555 e. The van der Waals surface area contributed by atoms with Crippen LogP contribution in [0.5, 0.6) is 0 Å². The van der Waals surface area contributed by atoms with Crippen LogP contribution in [-0.2, 0) is 6.54 Å². The van der Waals surface area contributed by atoms with Crippen molar-refractivity contribution in [3.8, 4) is 11.8 Å². The first-order valence-electron chi connectivity index (χ1n) is 7.19. The summed E-state index contributed by atoms with van der Waals surface area (Å²) in [5, 5.41) is 2.12. The molecule has 0 aromatic carbocycles. The molecular weight excluding hydrogens is 266 g/mol. The van der Waals surface area contributed by atoms with Gasteiger partial charge in [0.05, 0.1) is 6.54 Å². The maximum atomic E-state index is 5.45. The second-order valence-corrected chi connectivity index (χ2v) is 6.91. The summed E-state index contributed by atoms with van der Waals surface area (Å²) in [5.74, 6) is 6.12. The van der Waals surface area contributed by atoms with Crippen LogP contribution >= 0.6 is 11.3 Å². The lowest BCUT2D eigenvalue weighted by Gasteiger charge is -2.49. The summed E-state index contributed by atoms with van der Waals surface area (Å²) in [6, 6.07) is 2.10. The van der Waals surface area contributed by atoms with Crippen LogP contribution in [0.25, 0.3) is 0 Å². The van der Waals surface area contributed by atoms with E-state index >= 15 is 0 Å². The number of thiophene rings is 1. The Morgan fingerprint density at radius 3 is 2.65 bits per heavy atom. The fraction of sp³-hybridized carbons (Fsp3) is 0.625. The Labute approximate surface area is 126 Å². The molecule has 3 nitrogen and oxygen atoms in total. The van der Waals surface area contributed by atoms with Crippen molar-refractivity contribution in [2.24, 2.45) is 5.73 Å². The first-order chi connectivity index (χ1) is 9.57. The number of hydrogen-bond donors (Lipinski definition) is 1. The van der Waals surface area contributed by atoms with Crippen molar-refractivity contribution in [1.82, 2.24) is 9.80 Å². The molecule has 2 rings (SSSR count). The first-order valence-corrected chi connectivity index (χ1v) is 8.07. The van der Waals surface area contributed by atoms with Crippen molar-refractivity contribution < 1.29 is 0 Å². The van der Waals surface area contributed by atoms with Gasteiger partial charge in [-0.2, -0.15) is 0 Å². The van der Waals surface area contributed by atoms with Crippen molar-refractivity contribution in [1.29, 1.82) is 0 Å². The minimum atomic E-state index is 0.384. The van der Waals surface area contributed by atoms with Crippen molar-refractivity contribution >= 4 is 11.3 Å². The molecule has 20 heavy (non-hydrogen) atoms. The van der Waals surface area contributed by atoms with Gasteiger partial charge in [-0.15, -0.1) is 11.3 Å². The van der Waals surface area contributed by atoms with E-state index in [9.17, 15) is 0 Å². The summed E-state index contributed by atoms with van der Waals surface area (Å²) in [6.45, 7) is 2.53. The van der Waals surface area contributed by atoms with Crippen LogP contribution in [0.4, 0.5) is 0 Å². The van der Waals surface area contributed by atoms with Crippen LogP contribution in [0.2, 0.25) is 0 Å². The minimum Gasteiger partial charge on any atom is -0.320 e. The van der Waals surface area contributed by atoms with E-state index in [4.69, 9.17) is 5.73 Å². The molecule has 0 saturated heterocycles. The lowest BCUT2D eigenvalue weighted by atomic mass is 9.75. The standard InChI is InChI=1S/C16H25N3S/c1-18(2)16(8-5-9-16)13-19(3)12-15-14(6-4-10-17)7-11-20-15/h7,11H,5,8-10,12-13,17H2,1-3H3. The quantitative estimate of drug-likeness (QED) is 0.842. The number of nitrogens with two attached hydrogens (primary N) is 1. The molecular formula is C16H25N3S. The zero-order valence-electron chi connectivity index (χ0n) is 12.8. The molecule has 1 aliphatic rings. The van der Waals surface area contributed by atoms with Gasteiger partial charge in [0.25, 0.3) is 0 Å². The number of nitrogens with zero attached hydrogens (tertiary/aromatic N) is 2. The van der Waals surface area contributed by atoms with Crippen molar-refractivity contribution in [3.63, 3.8) is 0 Å². The molecule has 1 fully saturated rings. The van der Waals surface area contributed by atoms with E-state index in [0.717, 1.165) is 18.7 Å². The van der Waals surface area contributed by atoms with E-state index < -0.39 is 0 Å². The molecule has 0 bridgehead atoms. The largest absolute Gasteiger partial charge is 0.320 e. The van der Waals surface area contributed by atoms with Gasteiger partial charge in [-0.3, -0.25) is 4.90 Å². The van der Waals surface area contributed by atoms with Crippen molar-refractivity contribution in [2.75, 3.05) is 34.2 Å². The summed E-state index contributed by atoms with van der Waals surface area (Å²) in [4.78, 5) is 6.18. The van der Waals surface area contributed by atoms with Crippen LogP contribution in [-0.4, -0.2) is 49.6 Å². The topological polar surface area (TPSA) is 32.5 Å². The van der Waals surface area contributed by atoms with E-state index in [1.807, 2.05) is 0 Å². The second kappa shape index (κ2) is 6.73. The van der Waals surface area contributed by atoms with Gasteiger partial charge >= 0.3 is 0 Å². The Bertz CT molecular complexity index is 491. The normalized spacial score (nSPS) is 16.9. The average Bonchev–Trinajstić information content (AvgIpc) is 2.78. The van der Waals surface area contributed by atoms with Gasteiger partial charge < -0.3 is 10.6 Å². The van der Waals surface area contributed by atoms with Gasteiger partial charge in [0.15, 0.2) is 0 Å². The highest BCUT2D eigenvalue weighted by Gasteiger charge is 2.39. The third-order valence-corrected chi connectivity index (χ3v) is 5.19. The lowest BCUT2D eigenvalue weighted by Crippen LogP contribution is -2.56. The summed E-state index contributed by atoms with van der Waals surface area (Å²) in [6.07, 6.45) is 3.99. The third-order valence-electron chi connectivity index (χ3n) is 4.28. The second-order valence-electron chi connectivity index (χ2n) is 5.91. The van der Waals surface area contributed by atoms with Crippen LogP contribution in [0.15, 0.2) is 11.4 Å². The zero-order chi connectivity index (χ0) is 14.6.